The first-order valence-electron chi connectivity index (χ1n) is 6.71. The fourth-order valence-corrected chi connectivity index (χ4v) is 2.34. The van der Waals surface area contributed by atoms with Crippen molar-refractivity contribution in [3.63, 3.8) is 0 Å². The van der Waals surface area contributed by atoms with Crippen molar-refractivity contribution in [1.29, 1.82) is 0 Å². The molecule has 1 atom stereocenters. The molecule has 0 aromatic heterocycles. The van der Waals surface area contributed by atoms with Crippen molar-refractivity contribution in [1.82, 2.24) is 10.2 Å². The minimum Gasteiger partial charge on any atom is -0.324 e. The van der Waals surface area contributed by atoms with E-state index in [1.165, 1.54) is 12.1 Å². The molecular weight excluding hydrogens is 245 g/mol. The summed E-state index contributed by atoms with van der Waals surface area (Å²) in [5.41, 5.74) is 1.40. The average Bonchev–Trinajstić information content (AvgIpc) is 2.70. The standard InChI is InChI=1S/C14H20FN3O/c1-3-18(4-2)8-7-16-13-11-6-5-10(15)9-12(11)17-14(13)19/h5-6,9,13,16H,3-4,7-8H2,1-2H3,(H,17,19). The lowest BCUT2D eigenvalue weighted by molar-refractivity contribution is -0.117. The number of nitrogens with one attached hydrogen (secondary N) is 2. The Morgan fingerprint density at radius 1 is 1.37 bits per heavy atom. The Morgan fingerprint density at radius 3 is 2.79 bits per heavy atom. The molecule has 0 saturated heterocycles. The van der Waals surface area contributed by atoms with Crippen LogP contribution < -0.4 is 10.6 Å². The monoisotopic (exact) mass is 265 g/mol. The number of fused-ring (bicyclic) bond motifs is 1. The number of likely N-dealkylation sites (N-methyl/N-ethyl adjacent to an activating group) is 1. The van der Waals surface area contributed by atoms with Gasteiger partial charge in [0.15, 0.2) is 0 Å². The molecule has 4 nitrogen and oxygen atoms in total. The molecule has 0 radical (unpaired) electrons. The van der Waals surface area contributed by atoms with E-state index in [1.807, 2.05) is 0 Å². The normalized spacial score (nSPS) is 17.7. The fourth-order valence-electron chi connectivity index (χ4n) is 2.34. The minimum absolute atomic E-state index is 0.111. The number of carbonyl (C=O) groups is 1. The highest BCUT2D eigenvalue weighted by atomic mass is 19.1. The molecule has 0 spiro atoms. The van der Waals surface area contributed by atoms with Crippen LogP contribution in [0.25, 0.3) is 0 Å². The van der Waals surface area contributed by atoms with Gasteiger partial charge < -0.3 is 15.5 Å². The van der Waals surface area contributed by atoms with E-state index in [0.717, 1.165) is 31.7 Å². The largest absolute Gasteiger partial charge is 0.324 e. The zero-order valence-corrected chi connectivity index (χ0v) is 11.4. The fraction of sp³-hybridized carbons (Fsp3) is 0.500. The molecule has 0 aliphatic carbocycles. The second-order valence-corrected chi connectivity index (χ2v) is 4.63. The lowest BCUT2D eigenvalue weighted by Gasteiger charge is -2.19. The van der Waals surface area contributed by atoms with Gasteiger partial charge in [-0.1, -0.05) is 19.9 Å². The van der Waals surface area contributed by atoms with Gasteiger partial charge in [-0.2, -0.15) is 0 Å². The molecule has 1 aromatic carbocycles. The molecule has 0 bridgehead atoms. The summed E-state index contributed by atoms with van der Waals surface area (Å²) in [4.78, 5) is 14.1. The Bertz CT molecular complexity index is 460. The molecule has 1 amide bonds. The van der Waals surface area contributed by atoms with Crippen LogP contribution >= 0.6 is 0 Å². The van der Waals surface area contributed by atoms with Gasteiger partial charge in [-0.05, 0) is 25.2 Å². The zero-order valence-electron chi connectivity index (χ0n) is 11.4. The molecule has 2 N–H and O–H groups in total. The van der Waals surface area contributed by atoms with Gasteiger partial charge in [0.1, 0.15) is 11.9 Å². The molecule has 1 unspecified atom stereocenters. The lowest BCUT2D eigenvalue weighted by Crippen LogP contribution is -2.35. The number of carbonyl (C=O) groups excluding carboxylic acids is 1. The molecular formula is C14H20FN3O. The molecule has 5 heteroatoms. The van der Waals surface area contributed by atoms with E-state index in [-0.39, 0.29) is 17.8 Å². The van der Waals surface area contributed by atoms with E-state index in [9.17, 15) is 9.18 Å². The van der Waals surface area contributed by atoms with Crippen LogP contribution in [-0.4, -0.2) is 37.0 Å². The first-order valence-corrected chi connectivity index (χ1v) is 6.71. The van der Waals surface area contributed by atoms with Crippen LogP contribution in [0.1, 0.15) is 25.5 Å². The highest BCUT2D eigenvalue weighted by Gasteiger charge is 2.30. The van der Waals surface area contributed by atoms with Crippen LogP contribution in [0, 0.1) is 5.82 Å². The number of rotatable bonds is 6. The Labute approximate surface area is 113 Å². The third-order valence-electron chi connectivity index (χ3n) is 3.52. The molecule has 0 saturated carbocycles. The summed E-state index contributed by atoms with van der Waals surface area (Å²) >= 11 is 0. The van der Waals surface area contributed by atoms with Crippen molar-refractivity contribution < 1.29 is 9.18 Å². The number of amides is 1. The maximum atomic E-state index is 13.1. The Balaban J connectivity index is 1.97. The van der Waals surface area contributed by atoms with Crippen molar-refractivity contribution >= 4 is 11.6 Å². The van der Waals surface area contributed by atoms with E-state index >= 15 is 0 Å². The molecule has 1 aromatic rings. The van der Waals surface area contributed by atoms with Gasteiger partial charge in [0, 0.05) is 24.3 Å². The summed E-state index contributed by atoms with van der Waals surface area (Å²) < 4.78 is 13.1. The van der Waals surface area contributed by atoms with Crippen LogP contribution in [0.2, 0.25) is 0 Å². The summed E-state index contributed by atoms with van der Waals surface area (Å²) in [6.45, 7) is 7.85. The lowest BCUT2D eigenvalue weighted by atomic mass is 10.1. The van der Waals surface area contributed by atoms with Crippen LogP contribution in [-0.2, 0) is 4.79 Å². The number of hydrogen-bond acceptors (Lipinski definition) is 3. The van der Waals surface area contributed by atoms with Crippen LogP contribution in [0.4, 0.5) is 10.1 Å². The van der Waals surface area contributed by atoms with Crippen LogP contribution in [0.15, 0.2) is 18.2 Å². The number of hydrogen-bond donors (Lipinski definition) is 2. The van der Waals surface area contributed by atoms with Crippen molar-refractivity contribution in [3.05, 3.63) is 29.6 Å². The maximum absolute atomic E-state index is 13.1. The van der Waals surface area contributed by atoms with Gasteiger partial charge in [-0.3, -0.25) is 4.79 Å². The first kappa shape index (κ1) is 14.0. The van der Waals surface area contributed by atoms with Gasteiger partial charge >= 0.3 is 0 Å². The predicted molar refractivity (Wildman–Crippen MR) is 73.6 cm³/mol. The number of anilines is 1. The number of nitrogens with zero attached hydrogens (tertiary/aromatic N) is 1. The molecule has 2 rings (SSSR count). The smallest absolute Gasteiger partial charge is 0.246 e. The van der Waals surface area contributed by atoms with Crippen molar-refractivity contribution in [2.75, 3.05) is 31.5 Å². The van der Waals surface area contributed by atoms with Crippen molar-refractivity contribution in [2.24, 2.45) is 0 Å². The van der Waals surface area contributed by atoms with Crippen molar-refractivity contribution in [3.8, 4) is 0 Å². The van der Waals surface area contributed by atoms with E-state index in [4.69, 9.17) is 0 Å². The molecule has 104 valence electrons. The van der Waals surface area contributed by atoms with Crippen LogP contribution in [0.5, 0.6) is 0 Å². The van der Waals surface area contributed by atoms with E-state index in [1.54, 1.807) is 6.07 Å². The molecule has 1 aliphatic rings. The van der Waals surface area contributed by atoms with Gasteiger partial charge in [0.25, 0.3) is 0 Å². The Hall–Kier alpha value is -1.46. The predicted octanol–water partition coefficient (Wildman–Crippen LogP) is 1.75. The van der Waals surface area contributed by atoms with Gasteiger partial charge in [0.2, 0.25) is 5.91 Å². The quantitative estimate of drug-likeness (QED) is 0.823. The molecule has 1 aliphatic heterocycles. The Morgan fingerprint density at radius 2 is 2.11 bits per heavy atom. The summed E-state index contributed by atoms with van der Waals surface area (Å²) in [7, 11) is 0. The summed E-state index contributed by atoms with van der Waals surface area (Å²) in [6.07, 6.45) is 0. The van der Waals surface area contributed by atoms with Crippen LogP contribution in [0.3, 0.4) is 0 Å². The SMILES string of the molecule is CCN(CC)CCNC1C(=O)Nc2cc(F)ccc21. The minimum atomic E-state index is -0.369. The molecule has 0 fully saturated rings. The Kier molecular flexibility index (Phi) is 4.50. The highest BCUT2D eigenvalue weighted by molar-refractivity contribution is 6.02. The van der Waals surface area contributed by atoms with Gasteiger partial charge in [0.05, 0.1) is 0 Å². The topological polar surface area (TPSA) is 44.4 Å². The van der Waals surface area contributed by atoms with E-state index < -0.39 is 0 Å². The number of benzene rings is 1. The zero-order chi connectivity index (χ0) is 13.8. The maximum Gasteiger partial charge on any atom is 0.246 e. The third-order valence-corrected chi connectivity index (χ3v) is 3.52. The average molecular weight is 265 g/mol. The van der Waals surface area contributed by atoms with Gasteiger partial charge in [-0.25, -0.2) is 4.39 Å². The van der Waals surface area contributed by atoms with E-state index in [2.05, 4.69) is 29.4 Å². The number of halogens is 1. The second kappa shape index (κ2) is 6.12. The molecule has 19 heavy (non-hydrogen) atoms. The summed E-state index contributed by atoms with van der Waals surface area (Å²) in [5.74, 6) is -0.442. The highest BCUT2D eigenvalue weighted by Crippen LogP contribution is 2.30. The molecule has 1 heterocycles. The third kappa shape index (κ3) is 3.11. The van der Waals surface area contributed by atoms with E-state index in [0.29, 0.717) is 5.69 Å². The van der Waals surface area contributed by atoms with Gasteiger partial charge in [-0.15, -0.1) is 0 Å². The second-order valence-electron chi connectivity index (χ2n) is 4.63. The van der Waals surface area contributed by atoms with Crippen molar-refractivity contribution in [2.45, 2.75) is 19.9 Å². The first-order chi connectivity index (χ1) is 9.15. The summed E-state index contributed by atoms with van der Waals surface area (Å²) in [5, 5.41) is 5.93. The summed E-state index contributed by atoms with van der Waals surface area (Å²) in [6, 6.07) is 4.04.